The summed E-state index contributed by atoms with van der Waals surface area (Å²) in [7, 11) is 1.53. The van der Waals surface area contributed by atoms with E-state index in [1.165, 1.54) is 18.0 Å². The van der Waals surface area contributed by atoms with Crippen molar-refractivity contribution in [3.63, 3.8) is 0 Å². The standard InChI is InChI=1S/C18H14N4O3S/c1-25-15-9-12(14-10-21-22-17(14)19-11-20-18(22)23)7-8-16(15)26(24)13-5-3-2-4-6-13/h2-11H,1H3,(H,19,20,23). The Hall–Kier alpha value is -3.10. The Morgan fingerprint density at radius 2 is 2.00 bits per heavy atom. The summed E-state index contributed by atoms with van der Waals surface area (Å²) in [6.45, 7) is 0. The van der Waals surface area contributed by atoms with Crippen molar-refractivity contribution in [2.45, 2.75) is 9.79 Å². The van der Waals surface area contributed by atoms with E-state index in [4.69, 9.17) is 4.74 Å². The quantitative estimate of drug-likeness (QED) is 0.559. The molecule has 8 heteroatoms. The Morgan fingerprint density at radius 1 is 1.19 bits per heavy atom. The number of hydrogen-bond donors (Lipinski definition) is 1. The third kappa shape index (κ3) is 2.75. The van der Waals surface area contributed by atoms with Gasteiger partial charge in [0.1, 0.15) is 5.65 Å². The molecule has 2 heterocycles. The number of rotatable bonds is 4. The van der Waals surface area contributed by atoms with Crippen LogP contribution in [-0.4, -0.2) is 31.2 Å². The predicted octanol–water partition coefficient (Wildman–Crippen LogP) is 2.26. The second-order valence-electron chi connectivity index (χ2n) is 5.45. The van der Waals surface area contributed by atoms with Crippen LogP contribution in [0.1, 0.15) is 0 Å². The normalized spacial score (nSPS) is 12.2. The third-order valence-corrected chi connectivity index (χ3v) is 5.40. The van der Waals surface area contributed by atoms with Gasteiger partial charge in [-0.25, -0.2) is 4.79 Å². The van der Waals surface area contributed by atoms with Crippen molar-refractivity contribution < 1.29 is 9.29 Å². The third-order valence-electron chi connectivity index (χ3n) is 3.96. The van der Waals surface area contributed by atoms with E-state index in [-0.39, 0.29) is 0 Å². The molecular formula is C18H14N4O3S. The maximum atomic E-state index is 12.8. The van der Waals surface area contributed by atoms with Gasteiger partial charge >= 0.3 is 5.69 Å². The zero-order valence-corrected chi connectivity index (χ0v) is 14.6. The maximum absolute atomic E-state index is 12.8. The van der Waals surface area contributed by atoms with Crippen LogP contribution in [0.3, 0.4) is 0 Å². The molecule has 130 valence electrons. The highest BCUT2D eigenvalue weighted by atomic mass is 32.2. The first-order chi connectivity index (χ1) is 12.7. The number of nitrogens with zero attached hydrogens (tertiary/aromatic N) is 3. The topological polar surface area (TPSA) is 95.3 Å². The smallest absolute Gasteiger partial charge is 0.371 e. The molecule has 0 fully saturated rings. The molecule has 0 radical (unpaired) electrons. The Morgan fingerprint density at radius 3 is 2.77 bits per heavy atom. The highest BCUT2D eigenvalue weighted by Crippen LogP contribution is 2.34. The summed E-state index contributed by atoms with van der Waals surface area (Å²) < 4.78 is 19.5. The summed E-state index contributed by atoms with van der Waals surface area (Å²) in [6.07, 6.45) is 2.91. The lowest BCUT2D eigenvalue weighted by molar-refractivity contribution is 0.403. The zero-order valence-electron chi connectivity index (χ0n) is 13.7. The van der Waals surface area contributed by atoms with Gasteiger partial charge in [-0.3, -0.25) is 0 Å². The van der Waals surface area contributed by atoms with Gasteiger partial charge in [0, 0.05) is 16.7 Å². The van der Waals surface area contributed by atoms with Crippen molar-refractivity contribution >= 4 is 16.8 Å². The fourth-order valence-corrected chi connectivity index (χ4v) is 3.88. The fraction of sp³-hybridized carbons (Fsp3) is 0.0556. The number of hydrogen-bond acceptors (Lipinski definition) is 5. The summed E-state index contributed by atoms with van der Waals surface area (Å²) in [5.41, 5.74) is 1.58. The van der Waals surface area contributed by atoms with Gasteiger partial charge < -0.3 is 14.3 Å². The highest BCUT2D eigenvalue weighted by Gasteiger charge is 2.21. The molecule has 1 N–H and O–H groups in total. The van der Waals surface area contributed by atoms with Gasteiger partial charge in [-0.05, 0) is 35.9 Å². The molecule has 0 spiro atoms. The van der Waals surface area contributed by atoms with Crippen LogP contribution in [0.15, 0.2) is 75.6 Å². The Balaban J connectivity index is 1.80. The molecule has 7 nitrogen and oxygen atoms in total. The van der Waals surface area contributed by atoms with Crippen molar-refractivity contribution in [2.24, 2.45) is 0 Å². The number of aromatic amines is 1. The lowest BCUT2D eigenvalue weighted by Gasteiger charge is -2.14. The molecule has 0 aliphatic carbocycles. The second-order valence-corrected chi connectivity index (χ2v) is 6.90. The van der Waals surface area contributed by atoms with Gasteiger partial charge in [-0.2, -0.15) is 14.6 Å². The first-order valence-electron chi connectivity index (χ1n) is 7.75. The van der Waals surface area contributed by atoms with Gasteiger partial charge in [0.25, 0.3) is 0 Å². The first kappa shape index (κ1) is 16.4. The number of nitrogens with one attached hydrogen (secondary N) is 1. The molecule has 0 bridgehead atoms. The molecule has 1 unspecified atom stereocenters. The van der Waals surface area contributed by atoms with Crippen LogP contribution >= 0.6 is 0 Å². The van der Waals surface area contributed by atoms with E-state index in [0.717, 1.165) is 11.1 Å². The fourth-order valence-electron chi connectivity index (χ4n) is 2.71. The maximum Gasteiger partial charge on any atom is 0.371 e. The van der Waals surface area contributed by atoms with Crippen LogP contribution in [0.25, 0.3) is 16.8 Å². The molecule has 0 amide bonds. The molecule has 2 aromatic carbocycles. The van der Waals surface area contributed by atoms with Gasteiger partial charge in [0.15, 0.2) is 15.5 Å². The van der Waals surface area contributed by atoms with Crippen molar-refractivity contribution in [2.75, 3.05) is 7.11 Å². The van der Waals surface area contributed by atoms with Gasteiger partial charge in [-0.1, -0.05) is 18.2 Å². The monoisotopic (exact) mass is 366 g/mol. The minimum atomic E-state index is -1.36. The molecular weight excluding hydrogens is 352 g/mol. The van der Waals surface area contributed by atoms with E-state index in [1.807, 2.05) is 36.4 Å². The molecule has 26 heavy (non-hydrogen) atoms. The average molecular weight is 366 g/mol. The lowest BCUT2D eigenvalue weighted by atomic mass is 10.1. The zero-order chi connectivity index (χ0) is 18.1. The number of benzene rings is 2. The molecule has 0 aliphatic rings. The van der Waals surface area contributed by atoms with Crippen molar-refractivity contribution in [3.8, 4) is 16.9 Å². The van der Waals surface area contributed by atoms with E-state index in [0.29, 0.717) is 21.2 Å². The molecule has 0 aliphatic heterocycles. The Labute approximate surface area is 151 Å². The second kappa shape index (κ2) is 6.66. The summed E-state index contributed by atoms with van der Waals surface area (Å²) >= 11 is -1.36. The van der Waals surface area contributed by atoms with Crippen LogP contribution in [0.4, 0.5) is 0 Å². The van der Waals surface area contributed by atoms with E-state index < -0.39 is 16.9 Å². The van der Waals surface area contributed by atoms with E-state index in [1.54, 1.807) is 18.3 Å². The summed E-state index contributed by atoms with van der Waals surface area (Å²) in [6, 6.07) is 14.6. The van der Waals surface area contributed by atoms with E-state index >= 15 is 0 Å². The molecule has 0 saturated carbocycles. The number of ether oxygens (including phenoxy) is 1. The molecule has 0 saturated heterocycles. The van der Waals surface area contributed by atoms with Crippen LogP contribution in [0.5, 0.6) is 5.75 Å². The number of H-pyrrole nitrogens is 1. The van der Waals surface area contributed by atoms with Gasteiger partial charge in [0.2, 0.25) is 0 Å². The van der Waals surface area contributed by atoms with Crippen molar-refractivity contribution in [1.82, 2.24) is 19.6 Å². The number of fused-ring (bicyclic) bond motifs is 1. The summed E-state index contributed by atoms with van der Waals surface area (Å²) in [5, 5.41) is 4.06. The molecule has 4 aromatic rings. The van der Waals surface area contributed by atoms with Crippen molar-refractivity contribution in [3.05, 3.63) is 71.5 Å². The average Bonchev–Trinajstić information content (AvgIpc) is 3.13. The first-order valence-corrected chi connectivity index (χ1v) is 8.90. The van der Waals surface area contributed by atoms with E-state index in [2.05, 4.69) is 15.1 Å². The number of methoxy groups -OCH3 is 1. The minimum Gasteiger partial charge on any atom is -0.606 e. The number of aromatic nitrogens is 4. The summed E-state index contributed by atoms with van der Waals surface area (Å²) in [4.78, 5) is 19.6. The van der Waals surface area contributed by atoms with Gasteiger partial charge in [-0.15, -0.1) is 0 Å². The SMILES string of the molecule is COc1cc(-c2cnn3c(=O)nc[nH]c23)ccc1[S+]([O-])c1ccccc1. The van der Waals surface area contributed by atoms with Crippen LogP contribution in [0.2, 0.25) is 0 Å². The Kier molecular flexibility index (Phi) is 4.19. The van der Waals surface area contributed by atoms with Crippen LogP contribution in [0, 0.1) is 0 Å². The molecule has 1 atom stereocenters. The van der Waals surface area contributed by atoms with Crippen LogP contribution < -0.4 is 10.4 Å². The van der Waals surface area contributed by atoms with Crippen molar-refractivity contribution in [1.29, 1.82) is 0 Å². The highest BCUT2D eigenvalue weighted by molar-refractivity contribution is 7.91. The summed E-state index contributed by atoms with van der Waals surface area (Å²) in [5.74, 6) is 0.500. The molecule has 4 rings (SSSR count). The Bertz CT molecular complexity index is 1120. The van der Waals surface area contributed by atoms with Gasteiger partial charge in [0.05, 0.1) is 19.6 Å². The van der Waals surface area contributed by atoms with E-state index in [9.17, 15) is 9.35 Å². The molecule has 2 aromatic heterocycles. The minimum absolute atomic E-state index is 0.459. The largest absolute Gasteiger partial charge is 0.606 e. The lowest BCUT2D eigenvalue weighted by Crippen LogP contribution is -2.17. The van der Waals surface area contributed by atoms with Crippen LogP contribution in [-0.2, 0) is 11.2 Å². The predicted molar refractivity (Wildman–Crippen MR) is 96.7 cm³/mol.